The van der Waals surface area contributed by atoms with Crippen LogP contribution in [0.4, 0.5) is 0 Å². The van der Waals surface area contributed by atoms with E-state index in [-0.39, 0.29) is 0 Å². The zero-order valence-corrected chi connectivity index (χ0v) is 13.5. The molecule has 0 unspecified atom stereocenters. The molecule has 0 amide bonds. The molecule has 2 heterocycles. The fourth-order valence-corrected chi connectivity index (χ4v) is 2.50. The van der Waals surface area contributed by atoms with Crippen molar-refractivity contribution < 1.29 is 4.52 Å². The first-order valence-corrected chi connectivity index (χ1v) is 7.66. The average Bonchev–Trinajstić information content (AvgIpc) is 3.01. The van der Waals surface area contributed by atoms with E-state index in [2.05, 4.69) is 27.0 Å². The average molecular weight is 344 g/mol. The van der Waals surface area contributed by atoms with Gasteiger partial charge in [0.15, 0.2) is 0 Å². The molecule has 0 aliphatic rings. The zero-order chi connectivity index (χ0) is 16.1. The van der Waals surface area contributed by atoms with E-state index in [1.807, 2.05) is 18.2 Å². The van der Waals surface area contributed by atoms with E-state index in [4.69, 9.17) is 27.7 Å². The monoisotopic (exact) mass is 343 g/mol. The topological polar surface area (TPSA) is 51.8 Å². The third kappa shape index (κ3) is 3.89. The molecule has 114 valence electrons. The summed E-state index contributed by atoms with van der Waals surface area (Å²) in [6.45, 7) is 0. The van der Waals surface area contributed by atoms with E-state index in [0.29, 0.717) is 40.2 Å². The maximum atomic E-state index is 6.13. The molecule has 6 heteroatoms. The molecule has 0 spiro atoms. The Hall–Kier alpha value is -2.35. The van der Waals surface area contributed by atoms with Gasteiger partial charge in [-0.05, 0) is 30.2 Å². The highest BCUT2D eigenvalue weighted by Crippen LogP contribution is 2.32. The molecule has 1 aromatic carbocycles. The van der Waals surface area contributed by atoms with Crippen LogP contribution in [-0.2, 0) is 6.42 Å². The van der Waals surface area contributed by atoms with E-state index >= 15 is 0 Å². The molecule has 4 nitrogen and oxygen atoms in total. The molecular formula is C17H11Cl2N3O. The Bertz CT molecular complexity index is 846. The van der Waals surface area contributed by atoms with E-state index in [9.17, 15) is 0 Å². The van der Waals surface area contributed by atoms with Crippen molar-refractivity contribution in [2.45, 2.75) is 12.8 Å². The number of hydrogen-bond donors (Lipinski definition) is 0. The third-order valence-electron chi connectivity index (χ3n) is 3.00. The Morgan fingerprint density at radius 1 is 1.04 bits per heavy atom. The van der Waals surface area contributed by atoms with Gasteiger partial charge in [-0.15, -0.1) is 0 Å². The zero-order valence-electron chi connectivity index (χ0n) is 12.0. The highest BCUT2D eigenvalue weighted by molar-refractivity contribution is 6.38. The number of halogens is 2. The molecule has 0 fully saturated rings. The van der Waals surface area contributed by atoms with Crippen molar-refractivity contribution >= 4 is 23.2 Å². The largest absolute Gasteiger partial charge is 0.339 e. The predicted molar refractivity (Wildman–Crippen MR) is 89.2 cm³/mol. The lowest BCUT2D eigenvalue weighted by Gasteiger charge is -2.00. The van der Waals surface area contributed by atoms with Crippen LogP contribution in [0, 0.1) is 11.8 Å². The van der Waals surface area contributed by atoms with Crippen molar-refractivity contribution in [3.8, 4) is 23.2 Å². The molecule has 23 heavy (non-hydrogen) atoms. The van der Waals surface area contributed by atoms with Gasteiger partial charge < -0.3 is 4.52 Å². The van der Waals surface area contributed by atoms with Gasteiger partial charge >= 0.3 is 0 Å². The molecule has 0 bridgehead atoms. The van der Waals surface area contributed by atoms with Gasteiger partial charge in [0, 0.05) is 19.0 Å². The van der Waals surface area contributed by atoms with Crippen LogP contribution in [0.3, 0.4) is 0 Å². The molecule has 0 N–H and O–H groups in total. The van der Waals surface area contributed by atoms with Gasteiger partial charge in [-0.1, -0.05) is 46.4 Å². The minimum Gasteiger partial charge on any atom is -0.339 e. The van der Waals surface area contributed by atoms with Crippen LogP contribution >= 0.6 is 23.2 Å². The Balaban J connectivity index is 1.68. The highest BCUT2D eigenvalue weighted by atomic mass is 35.5. The second-order valence-corrected chi connectivity index (χ2v) is 5.44. The molecule has 0 radical (unpaired) electrons. The van der Waals surface area contributed by atoms with Gasteiger partial charge in [0.05, 0.1) is 15.6 Å². The van der Waals surface area contributed by atoms with Crippen LogP contribution in [0.5, 0.6) is 0 Å². The molecular weight excluding hydrogens is 333 g/mol. The molecule has 0 aliphatic heterocycles. The van der Waals surface area contributed by atoms with Crippen molar-refractivity contribution in [2.75, 3.05) is 0 Å². The van der Waals surface area contributed by atoms with Gasteiger partial charge in [0.1, 0.15) is 5.69 Å². The molecule has 3 rings (SSSR count). The lowest BCUT2D eigenvalue weighted by Crippen LogP contribution is -1.87. The predicted octanol–water partition coefficient (Wildman–Crippen LogP) is 4.42. The van der Waals surface area contributed by atoms with E-state index in [0.717, 1.165) is 5.69 Å². The van der Waals surface area contributed by atoms with Crippen molar-refractivity contribution in [2.24, 2.45) is 0 Å². The van der Waals surface area contributed by atoms with Gasteiger partial charge in [-0.3, -0.25) is 0 Å². The summed E-state index contributed by atoms with van der Waals surface area (Å²) in [6.07, 6.45) is 2.85. The summed E-state index contributed by atoms with van der Waals surface area (Å²) in [4.78, 5) is 8.45. The summed E-state index contributed by atoms with van der Waals surface area (Å²) in [5.74, 6) is 6.88. The molecule has 0 aliphatic carbocycles. The summed E-state index contributed by atoms with van der Waals surface area (Å²) in [7, 11) is 0. The first-order valence-electron chi connectivity index (χ1n) is 6.91. The molecule has 0 atom stereocenters. The fraction of sp³-hybridized carbons (Fsp3) is 0.118. The quantitative estimate of drug-likeness (QED) is 0.660. The number of benzene rings is 1. The van der Waals surface area contributed by atoms with Crippen LogP contribution in [0.1, 0.15) is 18.0 Å². The fourth-order valence-electron chi connectivity index (χ4n) is 1.93. The Labute approximate surface area is 143 Å². The summed E-state index contributed by atoms with van der Waals surface area (Å²) in [6, 6.07) is 10.8. The Morgan fingerprint density at radius 2 is 1.87 bits per heavy atom. The second kappa shape index (κ2) is 7.28. The van der Waals surface area contributed by atoms with Crippen molar-refractivity contribution in [3.63, 3.8) is 0 Å². The van der Waals surface area contributed by atoms with Crippen LogP contribution in [-0.4, -0.2) is 15.1 Å². The first kappa shape index (κ1) is 15.5. The van der Waals surface area contributed by atoms with E-state index < -0.39 is 0 Å². The number of aryl methyl sites for hydroxylation is 1. The Kier molecular flexibility index (Phi) is 4.92. The normalized spacial score (nSPS) is 10.2. The van der Waals surface area contributed by atoms with Crippen LogP contribution in [0.2, 0.25) is 10.0 Å². The Morgan fingerprint density at radius 3 is 2.61 bits per heavy atom. The number of rotatable bonds is 3. The maximum Gasteiger partial charge on any atom is 0.227 e. The van der Waals surface area contributed by atoms with Crippen molar-refractivity contribution in [3.05, 3.63) is 64.2 Å². The second-order valence-electron chi connectivity index (χ2n) is 4.63. The summed E-state index contributed by atoms with van der Waals surface area (Å²) in [5.41, 5.74) is 1.31. The molecule has 0 saturated carbocycles. The third-order valence-corrected chi connectivity index (χ3v) is 3.63. The maximum absolute atomic E-state index is 6.13. The summed E-state index contributed by atoms with van der Waals surface area (Å²) >= 11 is 12.3. The minimum atomic E-state index is 0.383. The minimum absolute atomic E-state index is 0.383. The van der Waals surface area contributed by atoms with Crippen LogP contribution in [0.15, 0.2) is 47.1 Å². The number of pyridine rings is 1. The molecule has 2 aromatic heterocycles. The lowest BCUT2D eigenvalue weighted by molar-refractivity contribution is 0.380. The van der Waals surface area contributed by atoms with Gasteiger partial charge in [0.2, 0.25) is 11.7 Å². The van der Waals surface area contributed by atoms with E-state index in [1.165, 1.54) is 0 Å². The lowest BCUT2D eigenvalue weighted by atomic mass is 10.2. The van der Waals surface area contributed by atoms with E-state index in [1.54, 1.807) is 24.4 Å². The number of nitrogens with zero attached hydrogens (tertiary/aromatic N) is 3. The summed E-state index contributed by atoms with van der Waals surface area (Å²) in [5, 5.41) is 4.90. The van der Waals surface area contributed by atoms with Gasteiger partial charge in [-0.25, -0.2) is 4.98 Å². The molecule has 3 aromatic rings. The first-order chi connectivity index (χ1) is 11.2. The van der Waals surface area contributed by atoms with Gasteiger partial charge in [-0.2, -0.15) is 4.98 Å². The standard InChI is InChI=1S/C17H11Cl2N3O/c18-13-8-5-9-14(19)16(13)17-21-15(23-22-17)10-2-1-6-12-7-3-4-11-20-12/h3-5,7-9,11H,2,10H2. The smallest absolute Gasteiger partial charge is 0.227 e. The van der Waals surface area contributed by atoms with Crippen molar-refractivity contribution in [1.29, 1.82) is 0 Å². The summed E-state index contributed by atoms with van der Waals surface area (Å²) < 4.78 is 5.22. The van der Waals surface area contributed by atoms with Gasteiger partial charge in [0.25, 0.3) is 0 Å². The van der Waals surface area contributed by atoms with Crippen LogP contribution in [0.25, 0.3) is 11.4 Å². The number of hydrogen-bond acceptors (Lipinski definition) is 4. The number of aromatic nitrogens is 3. The van der Waals surface area contributed by atoms with Crippen LogP contribution < -0.4 is 0 Å². The van der Waals surface area contributed by atoms with Crippen molar-refractivity contribution in [1.82, 2.24) is 15.1 Å². The highest BCUT2D eigenvalue weighted by Gasteiger charge is 2.14. The molecule has 0 saturated heterocycles. The SMILES string of the molecule is Clc1cccc(Cl)c1-c1noc(CCC#Cc2ccccn2)n1.